The van der Waals surface area contributed by atoms with Gasteiger partial charge < -0.3 is 10.1 Å². The van der Waals surface area contributed by atoms with Crippen molar-refractivity contribution in [3.8, 4) is 0 Å². The minimum absolute atomic E-state index is 0.00681. The molecule has 1 saturated heterocycles. The molecule has 1 aromatic rings. The molecule has 1 atom stereocenters. The third-order valence-corrected chi connectivity index (χ3v) is 3.14. The number of rotatable bonds is 3. The smallest absolute Gasteiger partial charge is 0.330 e. The fourth-order valence-corrected chi connectivity index (χ4v) is 2.15. The quantitative estimate of drug-likeness (QED) is 0.659. The van der Waals surface area contributed by atoms with Crippen molar-refractivity contribution >= 4 is 35.1 Å². The summed E-state index contributed by atoms with van der Waals surface area (Å²) in [5, 5.41) is 2.65. The van der Waals surface area contributed by atoms with Crippen molar-refractivity contribution in [2.75, 3.05) is 18.1 Å². The molecule has 6 nitrogen and oxygen atoms in total. The van der Waals surface area contributed by atoms with Crippen molar-refractivity contribution in [2.24, 2.45) is 0 Å². The van der Waals surface area contributed by atoms with Crippen LogP contribution in [0.1, 0.15) is 6.92 Å². The van der Waals surface area contributed by atoms with Gasteiger partial charge in [-0.25, -0.2) is 4.79 Å². The van der Waals surface area contributed by atoms with Gasteiger partial charge in [-0.15, -0.1) is 0 Å². The molecule has 7 heteroatoms. The van der Waals surface area contributed by atoms with Gasteiger partial charge in [-0.3, -0.25) is 14.5 Å². The van der Waals surface area contributed by atoms with E-state index in [-0.39, 0.29) is 13.2 Å². The first kappa shape index (κ1) is 14.3. The minimum Gasteiger partial charge on any atom is -0.464 e. The second kappa shape index (κ2) is 5.92. The Labute approximate surface area is 120 Å². The standard InChI is InChI=1S/C13H13ClN2O4/c1-2-20-13(19)9-7-16(12(18)11(17)15-9)10-6-4-3-5-8(10)14/h3-6,9H,2,7H2,1H3,(H,15,17)/t9-/m0/s1. The monoisotopic (exact) mass is 296 g/mol. The number of para-hydroxylation sites is 1. The summed E-state index contributed by atoms with van der Waals surface area (Å²) in [4.78, 5) is 36.4. The maximum atomic E-state index is 11.9. The molecule has 0 saturated carbocycles. The van der Waals surface area contributed by atoms with Crippen molar-refractivity contribution in [1.82, 2.24) is 5.32 Å². The molecule has 106 valence electrons. The first-order chi connectivity index (χ1) is 9.54. The Balaban J connectivity index is 2.27. The van der Waals surface area contributed by atoms with Gasteiger partial charge in [0.15, 0.2) is 0 Å². The number of piperazine rings is 1. The van der Waals surface area contributed by atoms with Crippen LogP contribution in [0.15, 0.2) is 24.3 Å². The number of nitrogens with zero attached hydrogens (tertiary/aromatic N) is 1. The lowest BCUT2D eigenvalue weighted by Gasteiger charge is -2.31. The average Bonchev–Trinajstić information content (AvgIpc) is 2.43. The van der Waals surface area contributed by atoms with Crippen LogP contribution in [0.5, 0.6) is 0 Å². The molecule has 0 unspecified atom stereocenters. The zero-order valence-electron chi connectivity index (χ0n) is 10.8. The molecule has 1 fully saturated rings. The number of nitrogens with one attached hydrogen (secondary N) is 1. The van der Waals surface area contributed by atoms with Crippen molar-refractivity contribution in [3.05, 3.63) is 29.3 Å². The van der Waals surface area contributed by atoms with Gasteiger partial charge in [0.05, 0.1) is 23.9 Å². The number of hydrogen-bond acceptors (Lipinski definition) is 4. The topological polar surface area (TPSA) is 75.7 Å². The third kappa shape index (κ3) is 2.75. The fourth-order valence-electron chi connectivity index (χ4n) is 1.91. The minimum atomic E-state index is -0.892. The molecule has 1 aliphatic heterocycles. The van der Waals surface area contributed by atoms with Crippen LogP contribution in [0.3, 0.4) is 0 Å². The van der Waals surface area contributed by atoms with Crippen LogP contribution in [0, 0.1) is 0 Å². The van der Waals surface area contributed by atoms with Crippen LogP contribution >= 0.6 is 11.6 Å². The molecule has 2 amide bonds. The zero-order chi connectivity index (χ0) is 14.7. The maximum Gasteiger partial charge on any atom is 0.330 e. The van der Waals surface area contributed by atoms with Crippen LogP contribution in [-0.2, 0) is 19.1 Å². The number of carbonyl (C=O) groups excluding carboxylic acids is 3. The SMILES string of the molecule is CCOC(=O)[C@@H]1CN(c2ccccc2Cl)C(=O)C(=O)N1. The Morgan fingerprint density at radius 2 is 2.15 bits per heavy atom. The van der Waals surface area contributed by atoms with Crippen molar-refractivity contribution in [2.45, 2.75) is 13.0 Å². The van der Waals surface area contributed by atoms with Crippen LogP contribution in [0.4, 0.5) is 5.69 Å². The predicted molar refractivity (Wildman–Crippen MR) is 72.4 cm³/mol. The summed E-state index contributed by atoms with van der Waals surface area (Å²) in [5.74, 6) is -2.18. The lowest BCUT2D eigenvalue weighted by molar-refractivity contribution is -0.149. The predicted octanol–water partition coefficient (Wildman–Crippen LogP) is 0.734. The number of carbonyl (C=O) groups is 3. The number of ether oxygens (including phenoxy) is 1. The number of amides is 2. The van der Waals surface area contributed by atoms with E-state index in [0.29, 0.717) is 10.7 Å². The lowest BCUT2D eigenvalue weighted by Crippen LogP contribution is -2.60. The Bertz CT molecular complexity index is 561. The van der Waals surface area contributed by atoms with Gasteiger partial charge in [0.25, 0.3) is 0 Å². The molecule has 1 aromatic carbocycles. The molecule has 1 aliphatic rings. The molecule has 0 aliphatic carbocycles. The van der Waals surface area contributed by atoms with Gasteiger partial charge in [0.1, 0.15) is 6.04 Å². The number of esters is 1. The highest BCUT2D eigenvalue weighted by Gasteiger charge is 2.37. The molecular formula is C13H13ClN2O4. The second-order valence-corrected chi connectivity index (χ2v) is 4.55. The molecule has 0 aromatic heterocycles. The van der Waals surface area contributed by atoms with E-state index in [2.05, 4.69) is 5.32 Å². The summed E-state index contributed by atoms with van der Waals surface area (Å²) in [6.45, 7) is 1.86. The van der Waals surface area contributed by atoms with Gasteiger partial charge in [-0.05, 0) is 19.1 Å². The summed E-state index contributed by atoms with van der Waals surface area (Å²) < 4.78 is 4.85. The highest BCUT2D eigenvalue weighted by molar-refractivity contribution is 6.43. The number of benzene rings is 1. The molecule has 20 heavy (non-hydrogen) atoms. The Morgan fingerprint density at radius 3 is 2.80 bits per heavy atom. The summed E-state index contributed by atoms with van der Waals surface area (Å²) >= 11 is 6.02. The van der Waals surface area contributed by atoms with E-state index in [0.717, 1.165) is 0 Å². The van der Waals surface area contributed by atoms with Crippen molar-refractivity contribution in [1.29, 1.82) is 0 Å². The van der Waals surface area contributed by atoms with Gasteiger partial charge in [-0.2, -0.15) is 0 Å². The number of hydrogen-bond donors (Lipinski definition) is 1. The van der Waals surface area contributed by atoms with E-state index in [1.165, 1.54) is 4.90 Å². The van der Waals surface area contributed by atoms with Gasteiger partial charge in [0.2, 0.25) is 0 Å². The van der Waals surface area contributed by atoms with E-state index < -0.39 is 23.8 Å². The molecular weight excluding hydrogens is 284 g/mol. The third-order valence-electron chi connectivity index (χ3n) is 2.82. The number of halogens is 1. The van der Waals surface area contributed by atoms with Gasteiger partial charge in [0, 0.05) is 0 Å². The Kier molecular flexibility index (Phi) is 4.24. The van der Waals surface area contributed by atoms with Crippen LogP contribution in [0.25, 0.3) is 0 Å². The van der Waals surface area contributed by atoms with Crippen LogP contribution in [-0.4, -0.2) is 37.0 Å². The van der Waals surface area contributed by atoms with E-state index in [1.54, 1.807) is 31.2 Å². The highest BCUT2D eigenvalue weighted by Crippen LogP contribution is 2.26. The molecule has 1 N–H and O–H groups in total. The molecule has 0 radical (unpaired) electrons. The van der Waals surface area contributed by atoms with Crippen molar-refractivity contribution in [3.63, 3.8) is 0 Å². The zero-order valence-corrected chi connectivity index (χ0v) is 11.5. The number of anilines is 1. The average molecular weight is 297 g/mol. The molecule has 1 heterocycles. The second-order valence-electron chi connectivity index (χ2n) is 4.15. The van der Waals surface area contributed by atoms with E-state index in [4.69, 9.17) is 16.3 Å². The molecule has 0 bridgehead atoms. The Hall–Kier alpha value is -2.08. The maximum absolute atomic E-state index is 11.9. The first-order valence-corrected chi connectivity index (χ1v) is 6.46. The molecule has 0 spiro atoms. The first-order valence-electron chi connectivity index (χ1n) is 6.08. The summed E-state index contributed by atoms with van der Waals surface area (Å²) in [6, 6.07) is 5.73. The highest BCUT2D eigenvalue weighted by atomic mass is 35.5. The Morgan fingerprint density at radius 1 is 1.45 bits per heavy atom. The van der Waals surface area contributed by atoms with E-state index >= 15 is 0 Å². The van der Waals surface area contributed by atoms with Crippen LogP contribution < -0.4 is 10.2 Å². The summed E-state index contributed by atoms with van der Waals surface area (Å²) in [6.07, 6.45) is 0. The van der Waals surface area contributed by atoms with Gasteiger partial charge >= 0.3 is 17.8 Å². The van der Waals surface area contributed by atoms with E-state index in [1.807, 2.05) is 0 Å². The normalized spacial score (nSPS) is 18.7. The van der Waals surface area contributed by atoms with Gasteiger partial charge in [-0.1, -0.05) is 23.7 Å². The summed E-state index contributed by atoms with van der Waals surface area (Å²) in [5.41, 5.74) is 0.392. The largest absolute Gasteiger partial charge is 0.464 e. The summed E-state index contributed by atoms with van der Waals surface area (Å²) in [7, 11) is 0. The van der Waals surface area contributed by atoms with Crippen molar-refractivity contribution < 1.29 is 19.1 Å². The molecule has 2 rings (SSSR count). The lowest BCUT2D eigenvalue weighted by atomic mass is 10.1. The van der Waals surface area contributed by atoms with Crippen LogP contribution in [0.2, 0.25) is 5.02 Å². The fraction of sp³-hybridized carbons (Fsp3) is 0.308. The van der Waals surface area contributed by atoms with E-state index in [9.17, 15) is 14.4 Å².